The predicted octanol–water partition coefficient (Wildman–Crippen LogP) is 3.49. The molecule has 3 nitrogen and oxygen atoms in total. The van der Waals surface area contributed by atoms with Gasteiger partial charge in [-0.05, 0) is 42.8 Å². The molecule has 1 N–H and O–H groups in total. The first kappa shape index (κ1) is 16.9. The van der Waals surface area contributed by atoms with E-state index in [1.807, 2.05) is 18.2 Å². The van der Waals surface area contributed by atoms with Crippen molar-refractivity contribution in [1.82, 2.24) is 15.2 Å². The minimum Gasteiger partial charge on any atom is -0.315 e. The smallest absolute Gasteiger partial charge is 0.315 e. The lowest BCUT2D eigenvalue weighted by molar-refractivity contribution is -0.137. The van der Waals surface area contributed by atoms with Gasteiger partial charge in [0.1, 0.15) is 0 Å². The molecule has 1 aliphatic rings. The lowest BCUT2D eigenvalue weighted by Crippen LogP contribution is -2.33. The summed E-state index contributed by atoms with van der Waals surface area (Å²) in [5, 5.41) is 3.35. The first-order valence-corrected chi connectivity index (χ1v) is 8.08. The highest BCUT2D eigenvalue weighted by molar-refractivity contribution is 5.32. The normalized spacial score (nSPS) is 18.1. The molecule has 3 rings (SSSR count). The summed E-state index contributed by atoms with van der Waals surface area (Å²) in [5.41, 5.74) is 1.08. The first-order valence-electron chi connectivity index (χ1n) is 8.08. The van der Waals surface area contributed by atoms with Gasteiger partial charge >= 0.3 is 6.18 Å². The van der Waals surface area contributed by atoms with Crippen LogP contribution in [0.15, 0.2) is 48.7 Å². The summed E-state index contributed by atoms with van der Waals surface area (Å²) >= 11 is 0. The standard InChI is InChI=1S/C18H20F3N3/c19-18(20,21)15-7-5-14(6-8-15)17(16-4-1-2-10-23-16)24-12-3-9-22-11-13-24/h1-2,4-8,10,17,22H,3,9,11-13H2. The van der Waals surface area contributed by atoms with E-state index in [0.29, 0.717) is 0 Å². The Hall–Kier alpha value is -1.92. The highest BCUT2D eigenvalue weighted by atomic mass is 19.4. The number of nitrogens with zero attached hydrogens (tertiary/aromatic N) is 2. The zero-order valence-corrected chi connectivity index (χ0v) is 13.3. The molecule has 0 bridgehead atoms. The van der Waals surface area contributed by atoms with Gasteiger partial charge < -0.3 is 5.32 Å². The fourth-order valence-corrected chi connectivity index (χ4v) is 3.09. The van der Waals surface area contributed by atoms with Crippen molar-refractivity contribution in [2.75, 3.05) is 26.2 Å². The molecule has 0 aliphatic carbocycles. The lowest BCUT2D eigenvalue weighted by atomic mass is 9.99. The van der Waals surface area contributed by atoms with Crippen LogP contribution < -0.4 is 5.32 Å². The molecule has 6 heteroatoms. The average Bonchev–Trinajstić information content (AvgIpc) is 2.85. The molecule has 0 radical (unpaired) electrons. The molecule has 2 aromatic rings. The fourth-order valence-electron chi connectivity index (χ4n) is 3.09. The first-order chi connectivity index (χ1) is 11.6. The molecule has 1 aromatic carbocycles. The Labute approximate surface area is 139 Å². The van der Waals surface area contributed by atoms with E-state index in [1.165, 1.54) is 0 Å². The van der Waals surface area contributed by atoms with E-state index in [4.69, 9.17) is 0 Å². The van der Waals surface area contributed by atoms with Crippen molar-refractivity contribution in [1.29, 1.82) is 0 Å². The van der Waals surface area contributed by atoms with Crippen LogP contribution in [0.25, 0.3) is 0 Å². The second kappa shape index (κ2) is 7.32. The molecule has 0 spiro atoms. The van der Waals surface area contributed by atoms with E-state index < -0.39 is 11.7 Å². The molecule has 128 valence electrons. The Morgan fingerprint density at radius 2 is 1.79 bits per heavy atom. The molecule has 24 heavy (non-hydrogen) atoms. The largest absolute Gasteiger partial charge is 0.416 e. The lowest BCUT2D eigenvalue weighted by Gasteiger charge is -2.30. The third-order valence-corrected chi connectivity index (χ3v) is 4.26. The summed E-state index contributed by atoms with van der Waals surface area (Å²) in [7, 11) is 0. The molecule has 1 unspecified atom stereocenters. The second-order valence-electron chi connectivity index (χ2n) is 5.92. The van der Waals surface area contributed by atoms with Crippen LogP contribution in [0.3, 0.4) is 0 Å². The molecule has 2 heterocycles. The maximum Gasteiger partial charge on any atom is 0.416 e. The Kier molecular flexibility index (Phi) is 5.16. The fraction of sp³-hybridized carbons (Fsp3) is 0.389. The van der Waals surface area contributed by atoms with Crippen molar-refractivity contribution in [3.05, 3.63) is 65.5 Å². The molecule has 1 aliphatic heterocycles. The quantitative estimate of drug-likeness (QED) is 0.931. The number of pyridine rings is 1. The van der Waals surface area contributed by atoms with Crippen molar-refractivity contribution in [3.8, 4) is 0 Å². The molecule has 1 saturated heterocycles. The van der Waals surface area contributed by atoms with Crippen LogP contribution in [0, 0.1) is 0 Å². The number of halogens is 3. The van der Waals surface area contributed by atoms with E-state index in [0.717, 1.165) is 56.0 Å². The van der Waals surface area contributed by atoms with Gasteiger partial charge in [0.15, 0.2) is 0 Å². The monoisotopic (exact) mass is 335 g/mol. The van der Waals surface area contributed by atoms with Crippen molar-refractivity contribution >= 4 is 0 Å². The van der Waals surface area contributed by atoms with Gasteiger partial charge in [0.2, 0.25) is 0 Å². The van der Waals surface area contributed by atoms with Gasteiger partial charge in [-0.1, -0.05) is 18.2 Å². The molecule has 0 saturated carbocycles. The molecular formula is C18H20F3N3. The number of rotatable bonds is 3. The summed E-state index contributed by atoms with van der Waals surface area (Å²) in [6.45, 7) is 3.54. The number of hydrogen-bond donors (Lipinski definition) is 1. The number of nitrogens with one attached hydrogen (secondary N) is 1. The van der Waals surface area contributed by atoms with Gasteiger partial charge in [-0.25, -0.2) is 0 Å². The van der Waals surface area contributed by atoms with Crippen LogP contribution in [0.5, 0.6) is 0 Å². The van der Waals surface area contributed by atoms with Gasteiger partial charge in [-0.2, -0.15) is 13.2 Å². The Bertz CT molecular complexity index is 633. The van der Waals surface area contributed by atoms with Crippen LogP contribution in [0.4, 0.5) is 13.2 Å². The van der Waals surface area contributed by atoms with Crippen molar-refractivity contribution in [3.63, 3.8) is 0 Å². The van der Waals surface area contributed by atoms with Crippen LogP contribution >= 0.6 is 0 Å². The van der Waals surface area contributed by atoms with Gasteiger partial charge in [0.05, 0.1) is 17.3 Å². The Morgan fingerprint density at radius 3 is 2.46 bits per heavy atom. The van der Waals surface area contributed by atoms with Gasteiger partial charge in [0.25, 0.3) is 0 Å². The summed E-state index contributed by atoms with van der Waals surface area (Å²) < 4.78 is 38.5. The van der Waals surface area contributed by atoms with Gasteiger partial charge in [-0.3, -0.25) is 9.88 Å². The van der Waals surface area contributed by atoms with E-state index in [9.17, 15) is 13.2 Å². The highest BCUT2D eigenvalue weighted by Crippen LogP contribution is 2.32. The molecular weight excluding hydrogens is 315 g/mol. The van der Waals surface area contributed by atoms with Crippen molar-refractivity contribution in [2.45, 2.75) is 18.6 Å². The summed E-state index contributed by atoms with van der Waals surface area (Å²) in [4.78, 5) is 6.73. The van der Waals surface area contributed by atoms with Crippen molar-refractivity contribution < 1.29 is 13.2 Å². The van der Waals surface area contributed by atoms with E-state index >= 15 is 0 Å². The minimum absolute atomic E-state index is 0.131. The third kappa shape index (κ3) is 3.94. The summed E-state index contributed by atoms with van der Waals surface area (Å²) in [6.07, 6.45) is -1.59. The number of alkyl halides is 3. The SMILES string of the molecule is FC(F)(F)c1ccc(C(c2ccccn2)N2CCCNCC2)cc1. The Morgan fingerprint density at radius 1 is 1.00 bits per heavy atom. The predicted molar refractivity (Wildman–Crippen MR) is 86.6 cm³/mol. The number of hydrogen-bond acceptors (Lipinski definition) is 3. The Balaban J connectivity index is 1.95. The molecule has 1 atom stereocenters. The second-order valence-corrected chi connectivity index (χ2v) is 5.92. The maximum absolute atomic E-state index is 12.8. The molecule has 1 fully saturated rings. The minimum atomic E-state index is -4.31. The van der Waals surface area contributed by atoms with Crippen LogP contribution in [-0.2, 0) is 6.18 Å². The van der Waals surface area contributed by atoms with Gasteiger partial charge in [-0.15, -0.1) is 0 Å². The third-order valence-electron chi connectivity index (χ3n) is 4.26. The highest BCUT2D eigenvalue weighted by Gasteiger charge is 2.31. The topological polar surface area (TPSA) is 28.2 Å². The number of benzene rings is 1. The van der Waals surface area contributed by atoms with Gasteiger partial charge in [0, 0.05) is 25.8 Å². The van der Waals surface area contributed by atoms with E-state index in [-0.39, 0.29) is 6.04 Å². The van der Waals surface area contributed by atoms with E-state index in [2.05, 4.69) is 15.2 Å². The maximum atomic E-state index is 12.8. The van der Waals surface area contributed by atoms with Crippen molar-refractivity contribution in [2.24, 2.45) is 0 Å². The van der Waals surface area contributed by atoms with Crippen LogP contribution in [0.2, 0.25) is 0 Å². The van der Waals surface area contributed by atoms with E-state index in [1.54, 1.807) is 18.3 Å². The average molecular weight is 335 g/mol. The molecule has 0 amide bonds. The van der Waals surface area contributed by atoms with Crippen LogP contribution in [0.1, 0.15) is 29.3 Å². The van der Waals surface area contributed by atoms with Crippen LogP contribution in [-0.4, -0.2) is 36.1 Å². The zero-order chi connectivity index (χ0) is 17.0. The zero-order valence-electron chi connectivity index (χ0n) is 13.3. The summed E-state index contributed by atoms with van der Waals surface area (Å²) in [5.74, 6) is 0. The molecule has 1 aromatic heterocycles. The summed E-state index contributed by atoms with van der Waals surface area (Å²) in [6, 6.07) is 11.0. The number of aromatic nitrogens is 1.